The van der Waals surface area contributed by atoms with Crippen molar-refractivity contribution in [3.05, 3.63) is 47.6 Å². The van der Waals surface area contributed by atoms with Crippen molar-refractivity contribution >= 4 is 17.2 Å². The zero-order valence-electron chi connectivity index (χ0n) is 16.9. The Bertz CT molecular complexity index is 858. The maximum Gasteiger partial charge on any atom is 0.230 e. The number of piperidine rings is 1. The van der Waals surface area contributed by atoms with Crippen LogP contribution in [0.5, 0.6) is 0 Å². The number of hydrogen-bond donors (Lipinski definition) is 1. The molecule has 4 rings (SSSR count). The average Bonchev–Trinajstić information content (AvgIpc) is 3.02. The number of rotatable bonds is 3. The van der Waals surface area contributed by atoms with Crippen molar-refractivity contribution in [1.82, 2.24) is 15.0 Å². The van der Waals surface area contributed by atoms with Gasteiger partial charge in [0.1, 0.15) is 0 Å². The number of amides is 1. The maximum absolute atomic E-state index is 11.5. The van der Waals surface area contributed by atoms with Crippen molar-refractivity contribution < 1.29 is 18.1 Å². The maximum atomic E-state index is 11.5. The van der Waals surface area contributed by atoms with Crippen molar-refractivity contribution in [3.8, 4) is 0 Å². The summed E-state index contributed by atoms with van der Waals surface area (Å²) in [5.41, 5.74) is 1.48. The summed E-state index contributed by atoms with van der Waals surface area (Å²) in [5, 5.41) is 8.30. The van der Waals surface area contributed by atoms with E-state index in [0.717, 1.165) is 37.6 Å². The lowest BCUT2D eigenvalue weighted by Gasteiger charge is -2.29. The van der Waals surface area contributed by atoms with Gasteiger partial charge in [0.2, 0.25) is 11.8 Å². The molecular formula is C20H27N4O4S-. The molecule has 0 spiro atoms. The van der Waals surface area contributed by atoms with Crippen LogP contribution in [0.3, 0.4) is 0 Å². The smallest absolute Gasteiger partial charge is 0.230 e. The van der Waals surface area contributed by atoms with Gasteiger partial charge in [-0.2, -0.15) is 4.98 Å². The molecule has 1 saturated heterocycles. The van der Waals surface area contributed by atoms with E-state index in [0.29, 0.717) is 11.8 Å². The molecule has 2 N–H and O–H groups in total. The standard InChI is InChI=1S/C20H25N3O2.H3NO2S/c1-13(24)23-11-9-15(10-12-23)18-21-19(25-22-18)17-16(20(17,2)3)14-7-5-4-6-8-14;1-4(2)3/h4-8,15-17H,9-12H2,1-3H3;1H2,(H,2,3)/p-1/t16-,17+;/m1./s1. The minimum absolute atomic E-state index is 0.142. The Morgan fingerprint density at radius 1 is 1.24 bits per heavy atom. The Hall–Kier alpha value is -2.10. The second-order valence-corrected chi connectivity index (χ2v) is 8.74. The molecule has 29 heavy (non-hydrogen) atoms. The topological polar surface area (TPSA) is 125 Å². The molecular weight excluding hydrogens is 392 g/mol. The Balaban J connectivity index is 0.000000552. The predicted molar refractivity (Wildman–Crippen MR) is 107 cm³/mol. The third-order valence-corrected chi connectivity index (χ3v) is 6.01. The summed E-state index contributed by atoms with van der Waals surface area (Å²) in [5.74, 6) is 2.74. The molecule has 1 saturated carbocycles. The minimum atomic E-state index is -2.36. The van der Waals surface area contributed by atoms with Gasteiger partial charge in [-0.25, -0.2) is 0 Å². The third kappa shape index (κ3) is 4.91. The quantitative estimate of drug-likeness (QED) is 0.762. The van der Waals surface area contributed by atoms with E-state index in [2.05, 4.69) is 48.4 Å². The number of nitrogens with two attached hydrogens (primary N) is 1. The number of likely N-dealkylation sites (tertiary alicyclic amines) is 1. The lowest BCUT2D eigenvalue weighted by atomic mass is 9.96. The first-order valence-electron chi connectivity index (χ1n) is 9.69. The highest BCUT2D eigenvalue weighted by atomic mass is 32.2. The summed E-state index contributed by atoms with van der Waals surface area (Å²) < 4.78 is 23.2. The van der Waals surface area contributed by atoms with Crippen molar-refractivity contribution in [2.45, 2.75) is 51.4 Å². The fourth-order valence-corrected chi connectivity index (χ4v) is 4.37. The fraction of sp³-hybridized carbons (Fsp3) is 0.550. The summed E-state index contributed by atoms with van der Waals surface area (Å²) in [7, 11) is 0. The molecule has 1 aliphatic heterocycles. The zero-order valence-corrected chi connectivity index (χ0v) is 17.7. The molecule has 2 fully saturated rings. The van der Waals surface area contributed by atoms with Crippen LogP contribution in [0.15, 0.2) is 34.9 Å². The lowest BCUT2D eigenvalue weighted by Crippen LogP contribution is -2.36. The van der Waals surface area contributed by atoms with E-state index in [9.17, 15) is 4.79 Å². The van der Waals surface area contributed by atoms with Crippen LogP contribution in [0.25, 0.3) is 0 Å². The highest BCUT2D eigenvalue weighted by Crippen LogP contribution is 2.69. The molecule has 2 aliphatic rings. The van der Waals surface area contributed by atoms with Crippen molar-refractivity contribution in [1.29, 1.82) is 0 Å². The minimum Gasteiger partial charge on any atom is -0.760 e. The number of hydrogen-bond acceptors (Lipinski definition) is 6. The fourth-order valence-electron chi connectivity index (χ4n) is 4.37. The monoisotopic (exact) mass is 419 g/mol. The number of aromatic nitrogens is 2. The second-order valence-electron chi connectivity index (χ2n) is 8.22. The average molecular weight is 420 g/mol. The van der Waals surface area contributed by atoms with Crippen molar-refractivity contribution in [3.63, 3.8) is 0 Å². The van der Waals surface area contributed by atoms with Crippen molar-refractivity contribution in [2.75, 3.05) is 13.1 Å². The first kappa shape index (κ1) is 21.6. The van der Waals surface area contributed by atoms with E-state index in [1.54, 1.807) is 6.92 Å². The van der Waals surface area contributed by atoms with Gasteiger partial charge in [0.25, 0.3) is 0 Å². The zero-order chi connectivity index (χ0) is 21.2. The van der Waals surface area contributed by atoms with Crippen molar-refractivity contribution in [2.24, 2.45) is 10.6 Å². The van der Waals surface area contributed by atoms with Crippen LogP contribution >= 0.6 is 0 Å². The second kappa shape index (κ2) is 8.73. The van der Waals surface area contributed by atoms with E-state index in [1.165, 1.54) is 5.56 Å². The molecule has 1 amide bonds. The van der Waals surface area contributed by atoms with Crippen LogP contribution in [-0.2, 0) is 16.1 Å². The van der Waals surface area contributed by atoms with Gasteiger partial charge in [0, 0.05) is 43.1 Å². The summed E-state index contributed by atoms with van der Waals surface area (Å²) >= 11 is -2.36. The van der Waals surface area contributed by atoms with E-state index in [1.807, 2.05) is 11.0 Å². The molecule has 2 aromatic rings. The van der Waals surface area contributed by atoms with Gasteiger partial charge in [-0.05, 0) is 23.8 Å². The predicted octanol–water partition coefficient (Wildman–Crippen LogP) is 2.44. The highest BCUT2D eigenvalue weighted by Gasteiger charge is 2.62. The summed E-state index contributed by atoms with van der Waals surface area (Å²) in [6.07, 6.45) is 1.82. The molecule has 2 heterocycles. The third-order valence-electron chi connectivity index (χ3n) is 6.01. The van der Waals surface area contributed by atoms with Crippen LogP contribution in [0.1, 0.15) is 68.6 Å². The first-order chi connectivity index (χ1) is 13.7. The number of carbonyl (C=O) groups is 1. The Morgan fingerprint density at radius 2 is 1.83 bits per heavy atom. The van der Waals surface area contributed by atoms with E-state index < -0.39 is 11.3 Å². The molecule has 0 bridgehead atoms. The molecule has 158 valence electrons. The van der Waals surface area contributed by atoms with Crippen LogP contribution in [0.4, 0.5) is 0 Å². The Kier molecular flexibility index (Phi) is 6.50. The molecule has 1 aromatic heterocycles. The van der Waals surface area contributed by atoms with E-state index >= 15 is 0 Å². The van der Waals surface area contributed by atoms with Gasteiger partial charge in [-0.15, -0.1) is 0 Å². The van der Waals surface area contributed by atoms with Crippen LogP contribution in [0.2, 0.25) is 0 Å². The first-order valence-corrected chi connectivity index (χ1v) is 10.8. The van der Waals surface area contributed by atoms with E-state index in [-0.39, 0.29) is 17.2 Å². The Labute approximate surface area is 173 Å². The number of benzene rings is 1. The highest BCUT2D eigenvalue weighted by molar-refractivity contribution is 7.76. The summed E-state index contributed by atoms with van der Waals surface area (Å²) in [6, 6.07) is 10.6. The summed E-state index contributed by atoms with van der Waals surface area (Å²) in [6.45, 7) is 7.73. The molecule has 1 aromatic carbocycles. The molecule has 1 aliphatic carbocycles. The van der Waals surface area contributed by atoms with Gasteiger partial charge in [-0.3, -0.25) is 14.1 Å². The summed E-state index contributed by atoms with van der Waals surface area (Å²) in [4.78, 5) is 18.1. The largest absolute Gasteiger partial charge is 0.760 e. The van der Waals surface area contributed by atoms with Gasteiger partial charge in [-0.1, -0.05) is 49.3 Å². The molecule has 3 atom stereocenters. The number of nitrogens with zero attached hydrogens (tertiary/aromatic N) is 3. The van der Waals surface area contributed by atoms with Gasteiger partial charge in [0.05, 0.1) is 5.92 Å². The molecule has 0 radical (unpaired) electrons. The number of carbonyl (C=O) groups excluding carboxylic acids is 1. The van der Waals surface area contributed by atoms with Crippen LogP contribution in [-0.4, -0.2) is 42.8 Å². The lowest BCUT2D eigenvalue weighted by molar-refractivity contribution is -0.129. The van der Waals surface area contributed by atoms with Gasteiger partial charge < -0.3 is 14.0 Å². The normalized spacial score (nSPS) is 24.4. The molecule has 1 unspecified atom stereocenters. The van der Waals surface area contributed by atoms with E-state index in [4.69, 9.17) is 18.3 Å². The van der Waals surface area contributed by atoms with Crippen LogP contribution in [0, 0.1) is 5.41 Å². The van der Waals surface area contributed by atoms with Gasteiger partial charge >= 0.3 is 0 Å². The van der Waals surface area contributed by atoms with Crippen LogP contribution < -0.4 is 5.14 Å². The molecule has 8 nitrogen and oxygen atoms in total. The molecule has 9 heteroatoms. The Morgan fingerprint density at radius 3 is 2.38 bits per heavy atom. The van der Waals surface area contributed by atoms with Gasteiger partial charge in [0.15, 0.2) is 5.82 Å². The SMILES string of the molecule is CC(=O)N1CCC(c2noc([C@@H]3[C@@H](c4ccccc4)C3(C)C)n2)CC1.NS(=O)[O-].